The molecule has 1 N–H and O–H groups in total. The smallest absolute Gasteiger partial charge is 0.0917 e. The highest BCUT2D eigenvalue weighted by Crippen LogP contribution is 2.36. The molecule has 1 aliphatic rings. The van der Waals surface area contributed by atoms with Crippen molar-refractivity contribution in [2.45, 2.75) is 68.6 Å². The van der Waals surface area contributed by atoms with Gasteiger partial charge in [-0.3, -0.25) is 0 Å². The Morgan fingerprint density at radius 2 is 1.48 bits per heavy atom. The molecule has 0 unspecified atom stereocenters. The van der Waals surface area contributed by atoms with E-state index < -0.39 is 0 Å². The quantitative estimate of drug-likeness (QED) is 0.890. The van der Waals surface area contributed by atoms with E-state index in [-0.39, 0.29) is 22.2 Å². The maximum absolute atomic E-state index is 9.96. The molecule has 0 radical (unpaired) electrons. The second kappa shape index (κ2) is 5.94. The molecule has 1 heterocycles. The topological polar surface area (TPSA) is 29.5 Å². The third-order valence-corrected chi connectivity index (χ3v) is 5.19. The van der Waals surface area contributed by atoms with Crippen LogP contribution in [0, 0.1) is 0 Å². The molecule has 2 nitrogen and oxygen atoms in total. The first-order valence-corrected chi connectivity index (χ1v) is 8.54. The Morgan fingerprint density at radius 3 is 1.86 bits per heavy atom. The van der Waals surface area contributed by atoms with E-state index in [0.717, 1.165) is 0 Å². The van der Waals surface area contributed by atoms with Gasteiger partial charge in [0.05, 0.1) is 24.6 Å². The summed E-state index contributed by atoms with van der Waals surface area (Å²) in [4.78, 5) is 1.24. The van der Waals surface area contributed by atoms with Gasteiger partial charge in [0.15, 0.2) is 0 Å². The summed E-state index contributed by atoms with van der Waals surface area (Å²) in [6, 6.07) is 6.86. The molecule has 1 aromatic rings. The highest BCUT2D eigenvalue weighted by atomic mass is 32.2. The summed E-state index contributed by atoms with van der Waals surface area (Å²) in [6.45, 7) is 14.6. The lowest BCUT2D eigenvalue weighted by Crippen LogP contribution is -2.20. The number of hydrogen-bond acceptors (Lipinski definition) is 3. The molecule has 0 amide bonds. The Labute approximate surface area is 133 Å². The van der Waals surface area contributed by atoms with Crippen LogP contribution in [-0.4, -0.2) is 29.7 Å². The molecule has 2 atom stereocenters. The number of aliphatic hydroxyl groups excluding tert-OH is 1. The van der Waals surface area contributed by atoms with Crippen molar-refractivity contribution in [3.05, 3.63) is 29.3 Å². The lowest BCUT2D eigenvalue weighted by molar-refractivity contribution is 0.127. The Hall–Kier alpha value is -0.510. The van der Waals surface area contributed by atoms with Crippen LogP contribution in [0.3, 0.4) is 0 Å². The molecule has 0 bridgehead atoms. The fourth-order valence-electron chi connectivity index (χ4n) is 2.34. The second-order valence-electron chi connectivity index (χ2n) is 8.01. The molecule has 0 saturated carbocycles. The summed E-state index contributed by atoms with van der Waals surface area (Å²) in [5.41, 5.74) is 2.96. The molecule has 0 aromatic heterocycles. The minimum atomic E-state index is -0.355. The summed E-state index contributed by atoms with van der Waals surface area (Å²) >= 11 is 1.74. The van der Waals surface area contributed by atoms with E-state index in [1.165, 1.54) is 16.0 Å². The molecule has 1 aromatic carbocycles. The molecule has 118 valence electrons. The summed E-state index contributed by atoms with van der Waals surface area (Å²) in [6.07, 6.45) is -0.355. The second-order valence-corrected chi connectivity index (χ2v) is 9.32. The Bertz CT molecular complexity index is 465. The minimum Gasteiger partial charge on any atom is -0.389 e. The van der Waals surface area contributed by atoms with Gasteiger partial charge in [-0.2, -0.15) is 0 Å². The zero-order valence-corrected chi connectivity index (χ0v) is 14.9. The van der Waals surface area contributed by atoms with Gasteiger partial charge in [0.1, 0.15) is 0 Å². The highest BCUT2D eigenvalue weighted by molar-refractivity contribution is 8.00. The number of thioether (sulfide) groups is 1. The van der Waals surface area contributed by atoms with Crippen molar-refractivity contribution in [2.24, 2.45) is 0 Å². The predicted molar refractivity (Wildman–Crippen MR) is 90.3 cm³/mol. The van der Waals surface area contributed by atoms with Crippen molar-refractivity contribution in [3.8, 4) is 0 Å². The van der Waals surface area contributed by atoms with E-state index in [1.54, 1.807) is 11.8 Å². The molecular weight excluding hydrogens is 280 g/mol. The number of aliphatic hydroxyl groups is 1. The van der Waals surface area contributed by atoms with Crippen LogP contribution in [-0.2, 0) is 15.6 Å². The van der Waals surface area contributed by atoms with Crippen LogP contribution in [0.25, 0.3) is 0 Å². The van der Waals surface area contributed by atoms with Gasteiger partial charge in [0, 0.05) is 4.90 Å². The summed E-state index contributed by atoms with van der Waals surface area (Å²) < 4.78 is 5.37. The first-order valence-electron chi connectivity index (χ1n) is 7.66. The van der Waals surface area contributed by atoms with E-state index in [1.807, 2.05) is 0 Å². The van der Waals surface area contributed by atoms with Crippen LogP contribution in [0.2, 0.25) is 0 Å². The fourth-order valence-corrected chi connectivity index (χ4v) is 3.48. The Morgan fingerprint density at radius 1 is 0.952 bits per heavy atom. The molecule has 3 heteroatoms. The van der Waals surface area contributed by atoms with Crippen LogP contribution < -0.4 is 0 Å². The van der Waals surface area contributed by atoms with E-state index >= 15 is 0 Å². The lowest BCUT2D eigenvalue weighted by atomic mass is 9.81. The SMILES string of the molecule is CC(C)(C)c1cc(S[C@H]2COC[C@@H]2O)cc(C(C)(C)C)c1. The van der Waals surface area contributed by atoms with Gasteiger partial charge in [-0.25, -0.2) is 0 Å². The molecule has 0 aliphatic carbocycles. The average molecular weight is 308 g/mol. The van der Waals surface area contributed by atoms with Crippen LogP contribution >= 0.6 is 11.8 Å². The first-order chi connectivity index (χ1) is 9.57. The molecule has 21 heavy (non-hydrogen) atoms. The normalized spacial score (nSPS) is 23.6. The molecule has 1 aliphatic heterocycles. The summed E-state index contributed by atoms with van der Waals surface area (Å²) in [5, 5.41) is 10.1. The number of hydrogen-bond donors (Lipinski definition) is 1. The van der Waals surface area contributed by atoms with Gasteiger partial charge in [-0.15, -0.1) is 11.8 Å². The van der Waals surface area contributed by atoms with Crippen LogP contribution in [0.5, 0.6) is 0 Å². The highest BCUT2D eigenvalue weighted by Gasteiger charge is 2.28. The van der Waals surface area contributed by atoms with Crippen molar-refractivity contribution in [3.63, 3.8) is 0 Å². The maximum atomic E-state index is 9.96. The molecule has 0 spiro atoms. The van der Waals surface area contributed by atoms with Crippen LogP contribution in [0.1, 0.15) is 52.7 Å². The lowest BCUT2D eigenvalue weighted by Gasteiger charge is -2.26. The number of ether oxygens (including phenoxy) is 1. The average Bonchev–Trinajstić information content (AvgIpc) is 2.72. The Kier molecular flexibility index (Phi) is 4.77. The van der Waals surface area contributed by atoms with E-state index in [4.69, 9.17) is 4.74 Å². The first kappa shape index (κ1) is 16.9. The van der Waals surface area contributed by atoms with Gasteiger partial charge in [-0.1, -0.05) is 47.6 Å². The third kappa shape index (κ3) is 4.24. The van der Waals surface area contributed by atoms with Crippen LogP contribution in [0.15, 0.2) is 23.1 Å². The van der Waals surface area contributed by atoms with Crippen molar-refractivity contribution in [1.29, 1.82) is 0 Å². The molecule has 1 saturated heterocycles. The van der Waals surface area contributed by atoms with Crippen molar-refractivity contribution >= 4 is 11.8 Å². The zero-order valence-electron chi connectivity index (χ0n) is 14.1. The van der Waals surface area contributed by atoms with Crippen molar-refractivity contribution in [1.82, 2.24) is 0 Å². The van der Waals surface area contributed by atoms with Crippen molar-refractivity contribution in [2.75, 3.05) is 13.2 Å². The van der Waals surface area contributed by atoms with Crippen molar-refractivity contribution < 1.29 is 9.84 Å². The third-order valence-electron chi connectivity index (χ3n) is 3.93. The van der Waals surface area contributed by atoms with Gasteiger partial charge < -0.3 is 9.84 Å². The zero-order chi connectivity index (χ0) is 15.8. The van der Waals surface area contributed by atoms with Gasteiger partial charge in [-0.05, 0) is 34.1 Å². The standard InChI is InChI=1S/C18H28O2S/c1-17(2,3)12-7-13(18(4,5)6)9-14(8-12)21-16-11-20-10-15(16)19/h7-9,15-16,19H,10-11H2,1-6H3/t15-,16-/m0/s1. The predicted octanol–water partition coefficient (Wildman–Crippen LogP) is 4.13. The maximum Gasteiger partial charge on any atom is 0.0917 e. The Balaban J connectivity index is 2.36. The van der Waals surface area contributed by atoms with Gasteiger partial charge in [0.2, 0.25) is 0 Å². The van der Waals surface area contributed by atoms with E-state index in [0.29, 0.717) is 13.2 Å². The van der Waals surface area contributed by atoms with Crippen LogP contribution in [0.4, 0.5) is 0 Å². The molecular formula is C18H28O2S. The van der Waals surface area contributed by atoms with Gasteiger partial charge >= 0.3 is 0 Å². The largest absolute Gasteiger partial charge is 0.389 e. The number of rotatable bonds is 2. The minimum absolute atomic E-state index is 0.126. The number of benzene rings is 1. The van der Waals surface area contributed by atoms with E-state index in [2.05, 4.69) is 59.7 Å². The molecule has 2 rings (SSSR count). The van der Waals surface area contributed by atoms with E-state index in [9.17, 15) is 5.11 Å². The molecule has 1 fully saturated rings. The summed E-state index contributed by atoms with van der Waals surface area (Å²) in [7, 11) is 0. The fraction of sp³-hybridized carbons (Fsp3) is 0.667. The summed E-state index contributed by atoms with van der Waals surface area (Å²) in [5.74, 6) is 0. The monoisotopic (exact) mass is 308 g/mol. The van der Waals surface area contributed by atoms with Gasteiger partial charge in [0.25, 0.3) is 0 Å².